The molecule has 1 aliphatic heterocycles. The van der Waals surface area contributed by atoms with Crippen LogP contribution in [-0.4, -0.2) is 29.6 Å². The van der Waals surface area contributed by atoms with Gasteiger partial charge >= 0.3 is 5.97 Å². The average Bonchev–Trinajstić information content (AvgIpc) is 3.10. The van der Waals surface area contributed by atoms with E-state index < -0.39 is 17.8 Å². The first-order valence-electron chi connectivity index (χ1n) is 10.2. The van der Waals surface area contributed by atoms with E-state index in [9.17, 15) is 9.59 Å². The topological polar surface area (TPSA) is 83.6 Å². The molecule has 152 valence electrons. The zero-order chi connectivity index (χ0) is 20.8. The summed E-state index contributed by atoms with van der Waals surface area (Å²) in [5.41, 5.74) is 4.51. The van der Waals surface area contributed by atoms with Gasteiger partial charge in [0.1, 0.15) is 5.92 Å². The van der Waals surface area contributed by atoms with E-state index in [1.54, 1.807) is 0 Å². The molecule has 6 heteroatoms. The number of aromatic amines is 1. The Hall–Kier alpha value is -3.41. The number of ketones is 1. The highest BCUT2D eigenvalue weighted by Crippen LogP contribution is 2.44. The van der Waals surface area contributed by atoms with Gasteiger partial charge in [-0.25, -0.2) is 0 Å². The van der Waals surface area contributed by atoms with E-state index in [0.717, 1.165) is 33.6 Å². The van der Waals surface area contributed by atoms with E-state index in [2.05, 4.69) is 10.3 Å². The molecule has 0 spiro atoms. The minimum atomic E-state index is -0.783. The van der Waals surface area contributed by atoms with Crippen molar-refractivity contribution in [2.75, 3.05) is 12.4 Å². The first-order chi connectivity index (χ1) is 14.6. The zero-order valence-corrected chi connectivity index (χ0v) is 16.9. The molecule has 1 aromatic heterocycles. The third-order valence-corrected chi connectivity index (χ3v) is 6.30. The summed E-state index contributed by atoms with van der Waals surface area (Å²) in [6.45, 7) is 1.92. The molecule has 3 aromatic rings. The number of carbonyl (C=O) groups is 2. The zero-order valence-electron chi connectivity index (χ0n) is 16.9. The number of benzene rings is 2. The lowest BCUT2D eigenvalue weighted by atomic mass is 9.69. The van der Waals surface area contributed by atoms with E-state index in [1.807, 2.05) is 61.7 Å². The van der Waals surface area contributed by atoms with Crippen molar-refractivity contribution >= 4 is 39.7 Å². The van der Waals surface area contributed by atoms with Gasteiger partial charge in [0.25, 0.3) is 0 Å². The van der Waals surface area contributed by atoms with E-state index in [0.29, 0.717) is 6.42 Å². The number of hydrogen-bond donors (Lipinski definition) is 2. The molecule has 0 amide bonds. The standard InChI is InChI=1S/C24H23N3O3/c1-13-11-19-21(23(28)20(13)24(29)30-2)22(27-18-10-6-5-9-17(18)26-19)15-12-25-16-8-4-3-7-14(15)16/h3-10,12-13,20-22,25,27H,11H2,1-2H3. The van der Waals surface area contributed by atoms with Crippen molar-refractivity contribution in [3.63, 3.8) is 0 Å². The molecule has 6 nitrogen and oxygen atoms in total. The summed E-state index contributed by atoms with van der Waals surface area (Å²) in [7, 11) is 1.34. The van der Waals surface area contributed by atoms with Crippen LogP contribution in [0.4, 0.5) is 11.4 Å². The molecule has 30 heavy (non-hydrogen) atoms. The second-order valence-electron chi connectivity index (χ2n) is 8.09. The van der Waals surface area contributed by atoms with Gasteiger partial charge in [-0.15, -0.1) is 0 Å². The van der Waals surface area contributed by atoms with Crippen LogP contribution >= 0.6 is 0 Å². The molecule has 4 unspecified atom stereocenters. The van der Waals surface area contributed by atoms with Crippen molar-refractivity contribution in [2.24, 2.45) is 22.7 Å². The highest BCUT2D eigenvalue weighted by molar-refractivity contribution is 6.16. The fourth-order valence-electron chi connectivity index (χ4n) is 4.87. The molecular weight excluding hydrogens is 378 g/mol. The second kappa shape index (κ2) is 7.13. The minimum Gasteiger partial charge on any atom is -0.468 e. The Morgan fingerprint density at radius 3 is 2.73 bits per heavy atom. The molecule has 4 atom stereocenters. The molecule has 1 saturated carbocycles. The summed E-state index contributed by atoms with van der Waals surface area (Å²) in [6.07, 6.45) is 2.53. The molecular formula is C24H23N3O3. The molecule has 2 heterocycles. The lowest BCUT2D eigenvalue weighted by molar-refractivity contribution is -0.152. The quantitative estimate of drug-likeness (QED) is 0.492. The first kappa shape index (κ1) is 18.6. The van der Waals surface area contributed by atoms with Gasteiger partial charge in [-0.2, -0.15) is 0 Å². The number of Topliss-reactive ketones (excluding diaryl/α,β-unsaturated/α-hetero) is 1. The number of aliphatic imine (C=N–C) groups is 1. The number of ether oxygens (including phenoxy) is 1. The van der Waals surface area contributed by atoms with Gasteiger partial charge in [-0.1, -0.05) is 37.3 Å². The van der Waals surface area contributed by atoms with Crippen LogP contribution in [0.15, 0.2) is 59.7 Å². The van der Waals surface area contributed by atoms with Crippen LogP contribution in [0.1, 0.15) is 24.9 Å². The highest BCUT2D eigenvalue weighted by atomic mass is 16.5. The number of nitrogens with zero attached hydrogens (tertiary/aromatic N) is 1. The van der Waals surface area contributed by atoms with Crippen LogP contribution in [0.25, 0.3) is 10.9 Å². The number of hydrogen-bond acceptors (Lipinski definition) is 5. The number of para-hydroxylation sites is 3. The van der Waals surface area contributed by atoms with Crippen LogP contribution < -0.4 is 5.32 Å². The third-order valence-electron chi connectivity index (χ3n) is 6.30. The molecule has 2 aliphatic rings. The largest absolute Gasteiger partial charge is 0.468 e. The van der Waals surface area contributed by atoms with Gasteiger partial charge in [0.15, 0.2) is 5.78 Å². The average molecular weight is 401 g/mol. The molecule has 0 radical (unpaired) electrons. The van der Waals surface area contributed by atoms with Gasteiger partial charge in [-0.05, 0) is 30.5 Å². The lowest BCUT2D eigenvalue weighted by Gasteiger charge is -2.36. The molecule has 1 fully saturated rings. The number of fused-ring (bicyclic) bond motifs is 3. The number of anilines is 1. The van der Waals surface area contributed by atoms with Crippen LogP contribution in [0, 0.1) is 17.8 Å². The number of carbonyl (C=O) groups excluding carboxylic acids is 2. The van der Waals surface area contributed by atoms with Crippen molar-refractivity contribution in [3.05, 3.63) is 60.3 Å². The van der Waals surface area contributed by atoms with Gasteiger partial charge in [-0.3, -0.25) is 14.6 Å². The van der Waals surface area contributed by atoms with Crippen LogP contribution in [0.2, 0.25) is 0 Å². The summed E-state index contributed by atoms with van der Waals surface area (Å²) < 4.78 is 4.97. The normalized spacial score (nSPS) is 25.5. The van der Waals surface area contributed by atoms with Crippen LogP contribution in [-0.2, 0) is 14.3 Å². The minimum absolute atomic E-state index is 0.130. The predicted octanol–water partition coefficient (Wildman–Crippen LogP) is 4.42. The number of aromatic nitrogens is 1. The Bertz CT molecular complexity index is 1180. The Balaban J connectivity index is 1.69. The van der Waals surface area contributed by atoms with Crippen LogP contribution in [0.5, 0.6) is 0 Å². The van der Waals surface area contributed by atoms with Crippen molar-refractivity contribution in [1.29, 1.82) is 0 Å². The Kier molecular flexibility index (Phi) is 4.42. The van der Waals surface area contributed by atoms with E-state index in [-0.39, 0.29) is 17.7 Å². The van der Waals surface area contributed by atoms with Crippen molar-refractivity contribution in [3.8, 4) is 0 Å². The number of nitrogens with one attached hydrogen (secondary N) is 2. The number of methoxy groups -OCH3 is 1. The van der Waals surface area contributed by atoms with Crippen molar-refractivity contribution in [1.82, 2.24) is 4.98 Å². The van der Waals surface area contributed by atoms with Gasteiger partial charge in [0.05, 0.1) is 30.4 Å². The maximum Gasteiger partial charge on any atom is 0.316 e. The Morgan fingerprint density at radius 2 is 1.90 bits per heavy atom. The predicted molar refractivity (Wildman–Crippen MR) is 116 cm³/mol. The summed E-state index contributed by atoms with van der Waals surface area (Å²) >= 11 is 0. The summed E-state index contributed by atoms with van der Waals surface area (Å²) in [5, 5.41) is 4.62. The molecule has 1 aliphatic carbocycles. The maximum absolute atomic E-state index is 13.7. The van der Waals surface area contributed by atoms with Crippen molar-refractivity contribution < 1.29 is 14.3 Å². The molecule has 2 N–H and O–H groups in total. The fourth-order valence-corrected chi connectivity index (χ4v) is 4.87. The number of H-pyrrole nitrogens is 1. The third kappa shape index (κ3) is 2.83. The first-order valence-corrected chi connectivity index (χ1v) is 10.2. The monoisotopic (exact) mass is 401 g/mol. The van der Waals surface area contributed by atoms with Gasteiger partial charge in [0.2, 0.25) is 0 Å². The lowest BCUT2D eigenvalue weighted by Crippen LogP contribution is -2.47. The second-order valence-corrected chi connectivity index (χ2v) is 8.09. The van der Waals surface area contributed by atoms with Crippen LogP contribution in [0.3, 0.4) is 0 Å². The highest BCUT2D eigenvalue weighted by Gasteiger charge is 2.49. The Labute approximate surface area is 174 Å². The molecule has 0 saturated heterocycles. The number of esters is 1. The molecule has 2 aromatic carbocycles. The van der Waals surface area contributed by atoms with Gasteiger partial charge < -0.3 is 15.0 Å². The maximum atomic E-state index is 13.7. The van der Waals surface area contributed by atoms with E-state index in [1.165, 1.54) is 7.11 Å². The SMILES string of the molecule is COC(=O)C1C(=O)C2C(=Nc3ccccc3NC2c2c[nH]c3ccccc23)CC1C. The van der Waals surface area contributed by atoms with E-state index >= 15 is 0 Å². The Morgan fingerprint density at radius 1 is 1.13 bits per heavy atom. The molecule has 0 bridgehead atoms. The summed E-state index contributed by atoms with van der Waals surface area (Å²) in [5.74, 6) is -2.08. The van der Waals surface area contributed by atoms with Gasteiger partial charge in [0, 0.05) is 28.4 Å². The van der Waals surface area contributed by atoms with Crippen molar-refractivity contribution in [2.45, 2.75) is 19.4 Å². The fraction of sp³-hybridized carbons (Fsp3) is 0.292. The summed E-state index contributed by atoms with van der Waals surface area (Å²) in [6, 6.07) is 15.5. The smallest absolute Gasteiger partial charge is 0.316 e. The summed E-state index contributed by atoms with van der Waals surface area (Å²) in [4.78, 5) is 34.4. The van der Waals surface area contributed by atoms with E-state index in [4.69, 9.17) is 9.73 Å². The molecule has 5 rings (SSSR count). The number of rotatable bonds is 2.